The minimum absolute atomic E-state index is 0.692. The van der Waals surface area contributed by atoms with E-state index in [9.17, 15) is 0 Å². The number of halogens is 1. The Bertz CT molecular complexity index is 565. The van der Waals surface area contributed by atoms with E-state index in [1.165, 1.54) is 19.3 Å². The van der Waals surface area contributed by atoms with Crippen LogP contribution in [0.1, 0.15) is 25.0 Å². The standard InChI is InChI=1S/C13H18BrN5/c1-10-7-12(19-13(17-10)15-9-16-19)18-6-2-3-11(8-18)4-5-14/h7,9,11H,2-6,8H2,1H3. The van der Waals surface area contributed by atoms with Gasteiger partial charge in [-0.25, -0.2) is 4.98 Å². The van der Waals surface area contributed by atoms with Crippen LogP contribution in [-0.4, -0.2) is 38.0 Å². The lowest BCUT2D eigenvalue weighted by atomic mass is 9.96. The first-order valence-corrected chi connectivity index (χ1v) is 7.88. The van der Waals surface area contributed by atoms with E-state index in [1.54, 1.807) is 6.33 Å². The van der Waals surface area contributed by atoms with Gasteiger partial charge >= 0.3 is 0 Å². The molecule has 3 heterocycles. The van der Waals surface area contributed by atoms with Gasteiger partial charge in [0.2, 0.25) is 0 Å². The van der Waals surface area contributed by atoms with E-state index in [0.717, 1.165) is 35.8 Å². The van der Waals surface area contributed by atoms with Crippen molar-refractivity contribution >= 4 is 27.5 Å². The molecule has 0 aromatic carbocycles. The largest absolute Gasteiger partial charge is 0.356 e. The molecule has 0 N–H and O–H groups in total. The van der Waals surface area contributed by atoms with Gasteiger partial charge in [-0.2, -0.15) is 14.6 Å². The van der Waals surface area contributed by atoms with E-state index in [0.29, 0.717) is 5.78 Å². The maximum Gasteiger partial charge on any atom is 0.254 e. The Morgan fingerprint density at radius 2 is 2.37 bits per heavy atom. The number of anilines is 1. The molecule has 0 radical (unpaired) electrons. The van der Waals surface area contributed by atoms with Gasteiger partial charge in [0.15, 0.2) is 0 Å². The van der Waals surface area contributed by atoms with Crippen molar-refractivity contribution in [2.45, 2.75) is 26.2 Å². The maximum absolute atomic E-state index is 4.40. The van der Waals surface area contributed by atoms with Crippen molar-refractivity contribution in [3.05, 3.63) is 18.1 Å². The van der Waals surface area contributed by atoms with Crippen LogP contribution in [0.25, 0.3) is 5.78 Å². The molecule has 0 saturated carbocycles. The van der Waals surface area contributed by atoms with Crippen LogP contribution in [0.4, 0.5) is 5.82 Å². The van der Waals surface area contributed by atoms with Crippen molar-refractivity contribution in [2.24, 2.45) is 5.92 Å². The van der Waals surface area contributed by atoms with Gasteiger partial charge in [-0.15, -0.1) is 0 Å². The smallest absolute Gasteiger partial charge is 0.254 e. The second-order valence-corrected chi connectivity index (χ2v) is 5.95. The first-order chi connectivity index (χ1) is 9.28. The molecule has 3 rings (SSSR count). The quantitative estimate of drug-likeness (QED) is 0.814. The van der Waals surface area contributed by atoms with E-state index in [4.69, 9.17) is 0 Å². The minimum Gasteiger partial charge on any atom is -0.356 e. The van der Waals surface area contributed by atoms with Gasteiger partial charge in [-0.05, 0) is 32.1 Å². The number of hydrogen-bond donors (Lipinski definition) is 0. The van der Waals surface area contributed by atoms with Gasteiger partial charge < -0.3 is 4.90 Å². The summed E-state index contributed by atoms with van der Waals surface area (Å²) in [5.74, 6) is 2.58. The molecule has 1 saturated heterocycles. The lowest BCUT2D eigenvalue weighted by Gasteiger charge is -2.34. The first kappa shape index (κ1) is 12.8. The van der Waals surface area contributed by atoms with E-state index in [1.807, 2.05) is 11.4 Å². The van der Waals surface area contributed by atoms with E-state index in [-0.39, 0.29) is 0 Å². The molecular formula is C13H18BrN5. The summed E-state index contributed by atoms with van der Waals surface area (Å²) in [6.07, 6.45) is 5.38. The lowest BCUT2D eigenvalue weighted by molar-refractivity contribution is 0.404. The number of nitrogens with zero attached hydrogens (tertiary/aromatic N) is 5. The van der Waals surface area contributed by atoms with E-state index >= 15 is 0 Å². The Balaban J connectivity index is 1.92. The van der Waals surface area contributed by atoms with Gasteiger partial charge in [0.25, 0.3) is 5.78 Å². The summed E-state index contributed by atoms with van der Waals surface area (Å²) in [6, 6.07) is 2.11. The molecule has 0 amide bonds. The molecule has 6 heteroatoms. The van der Waals surface area contributed by atoms with Crippen molar-refractivity contribution in [2.75, 3.05) is 23.3 Å². The van der Waals surface area contributed by atoms with Crippen molar-refractivity contribution in [1.29, 1.82) is 0 Å². The van der Waals surface area contributed by atoms with Crippen LogP contribution in [0, 0.1) is 12.8 Å². The highest BCUT2D eigenvalue weighted by atomic mass is 79.9. The van der Waals surface area contributed by atoms with Crippen molar-refractivity contribution in [3.8, 4) is 0 Å². The van der Waals surface area contributed by atoms with Gasteiger partial charge in [0.1, 0.15) is 12.1 Å². The Morgan fingerprint density at radius 1 is 1.47 bits per heavy atom. The van der Waals surface area contributed by atoms with E-state index in [2.05, 4.69) is 42.0 Å². The topological polar surface area (TPSA) is 46.3 Å². The van der Waals surface area contributed by atoms with E-state index < -0.39 is 0 Å². The van der Waals surface area contributed by atoms with Crippen LogP contribution >= 0.6 is 15.9 Å². The fourth-order valence-corrected chi connectivity index (χ4v) is 3.45. The summed E-state index contributed by atoms with van der Waals surface area (Å²) in [7, 11) is 0. The molecule has 0 aliphatic carbocycles. The van der Waals surface area contributed by atoms with Gasteiger partial charge in [-0.1, -0.05) is 15.9 Å². The monoisotopic (exact) mass is 323 g/mol. The predicted octanol–water partition coefficient (Wildman–Crippen LogP) is 2.43. The van der Waals surface area contributed by atoms with Crippen LogP contribution in [-0.2, 0) is 0 Å². The highest BCUT2D eigenvalue weighted by molar-refractivity contribution is 9.09. The SMILES string of the molecule is Cc1cc(N2CCCC(CCBr)C2)n2ncnc2n1. The lowest BCUT2D eigenvalue weighted by Crippen LogP contribution is -2.37. The third-order valence-electron chi connectivity index (χ3n) is 3.72. The molecule has 19 heavy (non-hydrogen) atoms. The molecular weight excluding hydrogens is 306 g/mol. The fraction of sp³-hybridized carbons (Fsp3) is 0.615. The molecule has 1 fully saturated rings. The fourth-order valence-electron chi connectivity index (χ4n) is 2.80. The van der Waals surface area contributed by atoms with Crippen LogP contribution in [0.5, 0.6) is 0 Å². The number of fused-ring (bicyclic) bond motifs is 1. The molecule has 2 aromatic rings. The molecule has 1 aliphatic heterocycles. The van der Waals surface area contributed by atoms with Crippen LogP contribution in [0.3, 0.4) is 0 Å². The molecule has 5 nitrogen and oxygen atoms in total. The average molecular weight is 324 g/mol. The summed E-state index contributed by atoms with van der Waals surface area (Å²) in [6.45, 7) is 4.21. The molecule has 1 aliphatic rings. The molecule has 0 spiro atoms. The Labute approximate surface area is 121 Å². The summed E-state index contributed by atoms with van der Waals surface area (Å²) in [4.78, 5) is 11.0. The summed E-state index contributed by atoms with van der Waals surface area (Å²) < 4.78 is 1.85. The van der Waals surface area contributed by atoms with Gasteiger partial charge in [0.05, 0.1) is 0 Å². The van der Waals surface area contributed by atoms with Gasteiger partial charge in [-0.3, -0.25) is 0 Å². The average Bonchev–Trinajstić information content (AvgIpc) is 2.86. The number of piperidine rings is 1. The Morgan fingerprint density at radius 3 is 3.21 bits per heavy atom. The third-order valence-corrected chi connectivity index (χ3v) is 4.18. The second-order valence-electron chi connectivity index (χ2n) is 5.16. The molecule has 0 bridgehead atoms. The highest BCUT2D eigenvalue weighted by Crippen LogP contribution is 2.25. The van der Waals surface area contributed by atoms with Crippen molar-refractivity contribution in [3.63, 3.8) is 0 Å². The zero-order valence-electron chi connectivity index (χ0n) is 11.1. The third kappa shape index (κ3) is 2.59. The summed E-state index contributed by atoms with van der Waals surface area (Å²) in [5, 5.41) is 5.38. The Hall–Kier alpha value is -1.17. The molecule has 1 unspecified atom stereocenters. The molecule has 102 valence electrons. The summed E-state index contributed by atoms with van der Waals surface area (Å²) in [5.41, 5.74) is 0.998. The first-order valence-electron chi connectivity index (χ1n) is 6.76. The highest BCUT2D eigenvalue weighted by Gasteiger charge is 2.22. The van der Waals surface area contributed by atoms with Crippen molar-refractivity contribution in [1.82, 2.24) is 19.6 Å². The minimum atomic E-state index is 0.692. The van der Waals surface area contributed by atoms with Crippen molar-refractivity contribution < 1.29 is 0 Å². The maximum atomic E-state index is 4.40. The second kappa shape index (κ2) is 5.45. The number of alkyl halides is 1. The zero-order chi connectivity index (χ0) is 13.2. The number of hydrogen-bond acceptors (Lipinski definition) is 4. The molecule has 2 aromatic heterocycles. The molecule has 1 atom stereocenters. The predicted molar refractivity (Wildman–Crippen MR) is 78.9 cm³/mol. The summed E-state index contributed by atoms with van der Waals surface area (Å²) >= 11 is 3.55. The zero-order valence-corrected chi connectivity index (χ0v) is 12.7. The van der Waals surface area contributed by atoms with Crippen LogP contribution in [0.2, 0.25) is 0 Å². The van der Waals surface area contributed by atoms with Crippen LogP contribution < -0.4 is 4.90 Å². The number of aromatic nitrogens is 4. The number of rotatable bonds is 3. The van der Waals surface area contributed by atoms with Gasteiger partial charge in [0, 0.05) is 30.2 Å². The number of aryl methyl sites for hydroxylation is 1. The Kier molecular flexibility index (Phi) is 3.68. The normalized spacial score (nSPS) is 20.1. The van der Waals surface area contributed by atoms with Crippen LogP contribution in [0.15, 0.2) is 12.4 Å².